The van der Waals surface area contributed by atoms with E-state index < -0.39 is 11.6 Å². The van der Waals surface area contributed by atoms with Crippen molar-refractivity contribution in [3.63, 3.8) is 0 Å². The molecule has 8 rings (SSSR count). The fourth-order valence-corrected chi connectivity index (χ4v) is 9.71. The number of ether oxygens (including phenoxy) is 5. The molecular formula is C58H52Cl4N2O6. The number of hydrogen-bond donors (Lipinski definition) is 0. The zero-order valence-corrected chi connectivity index (χ0v) is 42.7. The van der Waals surface area contributed by atoms with Crippen LogP contribution in [0.2, 0.25) is 20.1 Å². The molecule has 0 aliphatic carbocycles. The molecule has 12 heteroatoms. The molecule has 1 aliphatic heterocycles. The number of halogens is 4. The number of anilines is 2. The molecule has 0 fully saturated rings. The summed E-state index contributed by atoms with van der Waals surface area (Å²) in [5, 5.41) is -0.0857. The number of carbonyl (C=O) groups excluding carboxylic acids is 1. The van der Waals surface area contributed by atoms with E-state index in [0.717, 1.165) is 82.5 Å². The van der Waals surface area contributed by atoms with Crippen LogP contribution in [0.5, 0.6) is 34.5 Å². The van der Waals surface area contributed by atoms with Crippen molar-refractivity contribution < 1.29 is 28.5 Å². The van der Waals surface area contributed by atoms with Gasteiger partial charge in [-0.25, -0.2) is 4.79 Å². The van der Waals surface area contributed by atoms with E-state index in [2.05, 4.69) is 86.0 Å². The fraction of sp³-hybridized carbons (Fsp3) is 0.190. The van der Waals surface area contributed by atoms with Gasteiger partial charge in [0.2, 0.25) is 0 Å². The monoisotopic (exact) mass is 1010 g/mol. The number of carbonyl (C=O) groups is 1. The summed E-state index contributed by atoms with van der Waals surface area (Å²) in [5.74, 6) is 3.26. The Morgan fingerprint density at radius 3 is 1.09 bits per heavy atom. The summed E-state index contributed by atoms with van der Waals surface area (Å²) in [4.78, 5) is 19.1. The van der Waals surface area contributed by atoms with Crippen LogP contribution in [-0.2, 0) is 10.3 Å². The van der Waals surface area contributed by atoms with E-state index in [4.69, 9.17) is 70.1 Å². The smallest absolute Gasteiger partial charge is 0.341 e. The Bertz CT molecular complexity index is 2840. The van der Waals surface area contributed by atoms with Gasteiger partial charge in [-0.3, -0.25) is 0 Å². The van der Waals surface area contributed by atoms with Crippen molar-refractivity contribution in [1.29, 1.82) is 0 Å². The number of nitrogens with zero attached hydrogens (tertiary/aromatic N) is 2. The minimum atomic E-state index is -1.72. The lowest BCUT2D eigenvalue weighted by Crippen LogP contribution is -2.23. The van der Waals surface area contributed by atoms with Crippen LogP contribution in [0, 0.1) is 0 Å². The number of benzene rings is 7. The molecule has 8 nitrogen and oxygen atoms in total. The van der Waals surface area contributed by atoms with Crippen molar-refractivity contribution in [2.45, 2.75) is 33.3 Å². The van der Waals surface area contributed by atoms with Crippen molar-refractivity contribution in [1.82, 2.24) is 0 Å². The molecule has 0 N–H and O–H groups in total. The second kappa shape index (κ2) is 22.0. The van der Waals surface area contributed by atoms with Crippen LogP contribution in [0.25, 0.3) is 11.1 Å². The molecule has 0 bridgehead atoms. The Morgan fingerprint density at radius 2 is 0.757 bits per heavy atom. The van der Waals surface area contributed by atoms with Gasteiger partial charge in [0, 0.05) is 43.1 Å². The molecule has 0 aromatic heterocycles. The van der Waals surface area contributed by atoms with E-state index >= 15 is 0 Å². The molecule has 0 radical (unpaired) electrons. The predicted molar refractivity (Wildman–Crippen MR) is 287 cm³/mol. The highest BCUT2D eigenvalue weighted by molar-refractivity contribution is 6.53. The van der Waals surface area contributed by atoms with Gasteiger partial charge in [-0.05, 0) is 170 Å². The first kappa shape index (κ1) is 49.9. The number of fused-ring (bicyclic) bond motifs is 1. The minimum absolute atomic E-state index is 0.00752. The van der Waals surface area contributed by atoms with Crippen molar-refractivity contribution >= 4 is 74.9 Å². The second-order valence-corrected chi connectivity index (χ2v) is 17.9. The van der Waals surface area contributed by atoms with Crippen LogP contribution in [0.1, 0.15) is 65.9 Å². The number of rotatable bonds is 18. The van der Waals surface area contributed by atoms with Crippen LogP contribution >= 0.6 is 46.4 Å². The number of methoxy groups -OCH3 is 2. The Labute approximate surface area is 430 Å². The zero-order chi connectivity index (χ0) is 49.5. The first-order valence-electron chi connectivity index (χ1n) is 23.0. The normalized spacial score (nSPS) is 14.5. The summed E-state index contributed by atoms with van der Waals surface area (Å²) < 4.78 is 29.9. The minimum Gasteiger partial charge on any atom is -0.497 e. The maximum atomic E-state index is 14.5. The molecule has 7 aromatic rings. The average Bonchev–Trinajstić information content (AvgIpc) is 3.69. The number of hydrogen-bond acceptors (Lipinski definition) is 8. The molecule has 358 valence electrons. The maximum absolute atomic E-state index is 14.5. The van der Waals surface area contributed by atoms with Gasteiger partial charge in [0.15, 0.2) is 5.60 Å². The Kier molecular flexibility index (Phi) is 15.7. The Hall–Kier alpha value is -6.55. The molecule has 0 saturated heterocycles. The number of esters is 1. The van der Waals surface area contributed by atoms with Crippen LogP contribution < -0.4 is 28.7 Å². The van der Waals surface area contributed by atoms with Gasteiger partial charge < -0.3 is 33.5 Å². The van der Waals surface area contributed by atoms with Crippen molar-refractivity contribution in [3.8, 4) is 34.5 Å². The standard InChI is InChI=1S/C58H52Cl4N2O6/c1-7-63(8-2)41-19-11-37(12-20-41)49(39-15-23-45(24-16-39)68-47-31-27-43(66-5)28-32-47)35-58(52-51(57(65)70-58)53(59)55(61)56(62)54(52)60)36-50(38-13-21-42(22-14-38)64(9-3)10-4)40-17-25-46(26-18-40)69-48-33-29-44(67-6)30-34-48/h11-36H,7-10H2,1-6H3/b49-35+,50-36+. The van der Waals surface area contributed by atoms with Gasteiger partial charge in [-0.1, -0.05) is 94.9 Å². The van der Waals surface area contributed by atoms with E-state index in [9.17, 15) is 4.79 Å². The molecular weight excluding hydrogens is 962 g/mol. The molecule has 7 aromatic carbocycles. The highest BCUT2D eigenvalue weighted by Gasteiger charge is 2.48. The fourth-order valence-electron chi connectivity index (χ4n) is 8.63. The summed E-state index contributed by atoms with van der Waals surface area (Å²) >= 11 is 27.9. The molecule has 0 atom stereocenters. The third-order valence-corrected chi connectivity index (χ3v) is 14.2. The van der Waals surface area contributed by atoms with Crippen molar-refractivity contribution in [2.24, 2.45) is 0 Å². The molecule has 0 saturated carbocycles. The van der Waals surface area contributed by atoms with Gasteiger partial charge in [-0.2, -0.15) is 0 Å². The van der Waals surface area contributed by atoms with E-state index in [1.54, 1.807) is 14.2 Å². The van der Waals surface area contributed by atoms with Crippen LogP contribution in [-0.4, -0.2) is 46.4 Å². The Morgan fingerprint density at radius 1 is 0.457 bits per heavy atom. The lowest BCUT2D eigenvalue weighted by molar-refractivity contribution is 0.0300. The lowest BCUT2D eigenvalue weighted by Gasteiger charge is -2.28. The predicted octanol–water partition coefficient (Wildman–Crippen LogP) is 16.2. The Balaban J connectivity index is 1.36. The topological polar surface area (TPSA) is 69.7 Å². The first-order valence-corrected chi connectivity index (χ1v) is 24.5. The van der Waals surface area contributed by atoms with Crippen LogP contribution in [0.15, 0.2) is 158 Å². The SMILES string of the molecule is CCN(CC)c1ccc(/C(=C\C2(/C=C(/c3ccc(Oc4ccc(OC)cc4)cc3)c3ccc(N(CC)CC)cc3)OC(=O)c3c(Cl)c(Cl)c(Cl)c(Cl)c32)c2ccc(Oc3ccc(OC)cc3)cc2)cc1. The summed E-state index contributed by atoms with van der Waals surface area (Å²) in [7, 11) is 3.25. The van der Waals surface area contributed by atoms with Gasteiger partial charge in [0.1, 0.15) is 34.5 Å². The van der Waals surface area contributed by atoms with Gasteiger partial charge in [0.05, 0.1) is 39.9 Å². The molecule has 0 unspecified atom stereocenters. The molecule has 0 spiro atoms. The summed E-state index contributed by atoms with van der Waals surface area (Å²) in [6.45, 7) is 11.9. The molecule has 70 heavy (non-hydrogen) atoms. The third kappa shape index (κ3) is 10.5. The number of cyclic esters (lactones) is 1. The summed E-state index contributed by atoms with van der Waals surface area (Å²) in [5.41, 5.74) is 5.38. The summed E-state index contributed by atoms with van der Waals surface area (Å²) in [6.07, 6.45) is 3.83. The maximum Gasteiger partial charge on any atom is 0.341 e. The summed E-state index contributed by atoms with van der Waals surface area (Å²) in [6, 6.07) is 46.8. The van der Waals surface area contributed by atoms with E-state index in [0.29, 0.717) is 23.0 Å². The molecule has 1 aliphatic rings. The molecule has 0 amide bonds. The molecule has 1 heterocycles. The van der Waals surface area contributed by atoms with E-state index in [1.807, 2.05) is 109 Å². The van der Waals surface area contributed by atoms with E-state index in [1.165, 1.54) is 0 Å². The highest BCUT2D eigenvalue weighted by Crippen LogP contribution is 2.54. The van der Waals surface area contributed by atoms with Gasteiger partial charge in [0.25, 0.3) is 0 Å². The van der Waals surface area contributed by atoms with Gasteiger partial charge >= 0.3 is 5.97 Å². The highest BCUT2D eigenvalue weighted by atomic mass is 35.5. The zero-order valence-electron chi connectivity index (χ0n) is 39.7. The second-order valence-electron chi connectivity index (χ2n) is 16.3. The largest absolute Gasteiger partial charge is 0.497 e. The van der Waals surface area contributed by atoms with Crippen molar-refractivity contribution in [2.75, 3.05) is 50.2 Å². The average molecular weight is 1010 g/mol. The van der Waals surface area contributed by atoms with Crippen molar-refractivity contribution in [3.05, 3.63) is 211 Å². The van der Waals surface area contributed by atoms with Gasteiger partial charge in [-0.15, -0.1) is 0 Å². The van der Waals surface area contributed by atoms with Crippen LogP contribution in [0.3, 0.4) is 0 Å². The lowest BCUT2D eigenvalue weighted by atomic mass is 9.83. The van der Waals surface area contributed by atoms with Crippen LogP contribution in [0.4, 0.5) is 11.4 Å². The van der Waals surface area contributed by atoms with E-state index in [-0.39, 0.29) is 31.2 Å². The third-order valence-electron chi connectivity index (χ3n) is 12.4. The quantitative estimate of drug-likeness (QED) is 0.0478. The first-order chi connectivity index (χ1) is 33.9.